The molecular weight excluding hydrogens is 334 g/mol. The number of hydrogen-bond donors (Lipinski definition) is 2. The second-order valence-corrected chi connectivity index (χ2v) is 7.74. The third-order valence-corrected chi connectivity index (χ3v) is 5.64. The Morgan fingerprint density at radius 1 is 1.04 bits per heavy atom. The van der Waals surface area contributed by atoms with Crippen LogP contribution in [0.4, 0.5) is 0 Å². The van der Waals surface area contributed by atoms with Crippen molar-refractivity contribution >= 4 is 10.9 Å². The molecular formula is C23H29N3O. The van der Waals surface area contributed by atoms with Crippen LogP contribution in [0.2, 0.25) is 0 Å². The Morgan fingerprint density at radius 3 is 2.63 bits per heavy atom. The van der Waals surface area contributed by atoms with Gasteiger partial charge in [-0.05, 0) is 36.4 Å². The number of rotatable bonds is 6. The van der Waals surface area contributed by atoms with Crippen LogP contribution in [0, 0.1) is 6.92 Å². The first kappa shape index (κ1) is 18.2. The van der Waals surface area contributed by atoms with Gasteiger partial charge in [0.15, 0.2) is 0 Å². The number of para-hydroxylation sites is 1. The maximum atomic E-state index is 9.56. The monoisotopic (exact) mass is 363 g/mol. The molecule has 1 aromatic heterocycles. The van der Waals surface area contributed by atoms with E-state index in [9.17, 15) is 5.11 Å². The molecule has 142 valence electrons. The van der Waals surface area contributed by atoms with Crippen LogP contribution in [-0.4, -0.2) is 52.2 Å². The first-order valence-electron chi connectivity index (χ1n) is 9.91. The average molecular weight is 364 g/mol. The van der Waals surface area contributed by atoms with Gasteiger partial charge < -0.3 is 10.1 Å². The molecule has 0 spiro atoms. The lowest BCUT2D eigenvalue weighted by atomic mass is 10.1. The lowest BCUT2D eigenvalue weighted by Crippen LogP contribution is -2.52. The number of aliphatic hydroxyl groups excluding tert-OH is 1. The first-order valence-corrected chi connectivity index (χ1v) is 9.91. The topological polar surface area (TPSA) is 42.5 Å². The van der Waals surface area contributed by atoms with Crippen molar-refractivity contribution in [3.8, 4) is 0 Å². The molecule has 1 atom stereocenters. The van der Waals surface area contributed by atoms with Crippen molar-refractivity contribution in [3.63, 3.8) is 0 Å². The van der Waals surface area contributed by atoms with E-state index in [-0.39, 0.29) is 6.61 Å². The van der Waals surface area contributed by atoms with E-state index in [0.29, 0.717) is 6.04 Å². The van der Waals surface area contributed by atoms with Gasteiger partial charge in [-0.1, -0.05) is 48.0 Å². The minimum atomic E-state index is 0.245. The predicted octanol–water partition coefficient (Wildman–Crippen LogP) is 3.55. The van der Waals surface area contributed by atoms with Crippen LogP contribution >= 0.6 is 0 Å². The number of nitrogens with one attached hydrogen (secondary N) is 1. The minimum absolute atomic E-state index is 0.245. The minimum Gasteiger partial charge on any atom is -0.396 e. The Morgan fingerprint density at radius 2 is 1.85 bits per heavy atom. The number of aromatic amines is 1. The lowest BCUT2D eigenvalue weighted by molar-refractivity contribution is 0.0495. The van der Waals surface area contributed by atoms with Gasteiger partial charge >= 0.3 is 0 Å². The van der Waals surface area contributed by atoms with Crippen molar-refractivity contribution in [1.29, 1.82) is 0 Å². The molecule has 4 heteroatoms. The number of piperazine rings is 1. The highest BCUT2D eigenvalue weighted by Crippen LogP contribution is 2.20. The van der Waals surface area contributed by atoms with Crippen LogP contribution in [-0.2, 0) is 13.1 Å². The molecule has 4 rings (SSSR count). The van der Waals surface area contributed by atoms with E-state index in [2.05, 4.69) is 76.3 Å². The van der Waals surface area contributed by atoms with Crippen LogP contribution < -0.4 is 0 Å². The molecule has 2 N–H and O–H groups in total. The summed E-state index contributed by atoms with van der Waals surface area (Å²) in [5.41, 5.74) is 5.13. The summed E-state index contributed by atoms with van der Waals surface area (Å²) in [7, 11) is 0. The summed E-state index contributed by atoms with van der Waals surface area (Å²) in [5, 5.41) is 10.8. The zero-order valence-corrected chi connectivity index (χ0v) is 16.1. The maximum absolute atomic E-state index is 9.56. The van der Waals surface area contributed by atoms with Gasteiger partial charge in [0.05, 0.1) is 0 Å². The molecule has 1 aliphatic rings. The Hall–Kier alpha value is -2.14. The number of aromatic nitrogens is 1. The van der Waals surface area contributed by atoms with Crippen molar-refractivity contribution in [2.24, 2.45) is 0 Å². The molecule has 2 aromatic carbocycles. The molecule has 1 fully saturated rings. The fourth-order valence-corrected chi connectivity index (χ4v) is 4.12. The molecule has 4 nitrogen and oxygen atoms in total. The molecule has 0 radical (unpaired) electrons. The zero-order chi connectivity index (χ0) is 18.6. The van der Waals surface area contributed by atoms with Crippen molar-refractivity contribution in [1.82, 2.24) is 14.8 Å². The Labute approximate surface area is 161 Å². The van der Waals surface area contributed by atoms with E-state index in [1.54, 1.807) is 0 Å². The third-order valence-electron chi connectivity index (χ3n) is 5.64. The standard InChI is InChI=1S/C23H29N3O/c1-18-6-8-19(9-7-18)15-26-12-11-25(17-22(26)10-13-27)16-21-14-20-4-2-3-5-23(20)24-21/h2-9,14,22,24,27H,10-13,15-17H2,1H3/t22-/m1/s1. The van der Waals surface area contributed by atoms with Gasteiger partial charge in [-0.2, -0.15) is 0 Å². The van der Waals surface area contributed by atoms with E-state index in [1.165, 1.54) is 27.7 Å². The van der Waals surface area contributed by atoms with Crippen LogP contribution in [0.15, 0.2) is 54.6 Å². The molecule has 1 saturated heterocycles. The highest BCUT2D eigenvalue weighted by molar-refractivity contribution is 5.80. The molecule has 0 aliphatic carbocycles. The van der Waals surface area contributed by atoms with E-state index >= 15 is 0 Å². The van der Waals surface area contributed by atoms with Gasteiger partial charge in [0, 0.05) is 56.6 Å². The molecule has 3 aromatic rings. The molecule has 27 heavy (non-hydrogen) atoms. The number of aryl methyl sites for hydroxylation is 1. The summed E-state index contributed by atoms with van der Waals surface area (Å²) in [6.07, 6.45) is 0.828. The fraction of sp³-hybridized carbons (Fsp3) is 0.391. The van der Waals surface area contributed by atoms with Gasteiger partial charge in [-0.3, -0.25) is 9.80 Å². The largest absolute Gasteiger partial charge is 0.396 e. The number of fused-ring (bicyclic) bond motifs is 1. The maximum Gasteiger partial charge on any atom is 0.0456 e. The molecule has 0 unspecified atom stereocenters. The van der Waals surface area contributed by atoms with E-state index in [1.807, 2.05) is 0 Å². The summed E-state index contributed by atoms with van der Waals surface area (Å²) < 4.78 is 0. The average Bonchev–Trinajstić information content (AvgIpc) is 3.08. The summed E-state index contributed by atoms with van der Waals surface area (Å²) in [6.45, 7) is 7.38. The summed E-state index contributed by atoms with van der Waals surface area (Å²) in [6, 6.07) is 19.9. The van der Waals surface area contributed by atoms with Gasteiger partial charge in [0.1, 0.15) is 0 Å². The van der Waals surface area contributed by atoms with Gasteiger partial charge in [-0.25, -0.2) is 0 Å². The molecule has 0 saturated carbocycles. The normalized spacial score (nSPS) is 19.0. The summed E-state index contributed by atoms with van der Waals surface area (Å²) in [5.74, 6) is 0. The van der Waals surface area contributed by atoms with E-state index in [4.69, 9.17) is 0 Å². The van der Waals surface area contributed by atoms with Crippen molar-refractivity contribution in [2.45, 2.75) is 32.5 Å². The Bertz CT molecular complexity index is 838. The number of hydrogen-bond acceptors (Lipinski definition) is 3. The Balaban J connectivity index is 1.41. The van der Waals surface area contributed by atoms with Gasteiger partial charge in [0.2, 0.25) is 0 Å². The molecule has 1 aliphatic heterocycles. The molecule has 0 amide bonds. The van der Waals surface area contributed by atoms with Crippen LogP contribution in [0.25, 0.3) is 10.9 Å². The van der Waals surface area contributed by atoms with Gasteiger partial charge in [0.25, 0.3) is 0 Å². The van der Waals surface area contributed by atoms with Crippen molar-refractivity contribution < 1.29 is 5.11 Å². The van der Waals surface area contributed by atoms with E-state index < -0.39 is 0 Å². The van der Waals surface area contributed by atoms with E-state index in [0.717, 1.165) is 39.1 Å². The summed E-state index contributed by atoms with van der Waals surface area (Å²) in [4.78, 5) is 8.58. The highest BCUT2D eigenvalue weighted by Gasteiger charge is 2.26. The van der Waals surface area contributed by atoms with Crippen LogP contribution in [0.5, 0.6) is 0 Å². The molecule has 0 bridgehead atoms. The lowest BCUT2D eigenvalue weighted by Gasteiger charge is -2.41. The number of aliphatic hydroxyl groups is 1. The van der Waals surface area contributed by atoms with Crippen molar-refractivity contribution in [2.75, 3.05) is 26.2 Å². The Kier molecular flexibility index (Phi) is 5.58. The second kappa shape index (κ2) is 8.26. The quantitative estimate of drug-likeness (QED) is 0.704. The third kappa shape index (κ3) is 4.41. The number of benzene rings is 2. The number of nitrogens with zero attached hydrogens (tertiary/aromatic N) is 2. The highest BCUT2D eigenvalue weighted by atomic mass is 16.3. The number of H-pyrrole nitrogens is 1. The second-order valence-electron chi connectivity index (χ2n) is 7.74. The molecule has 2 heterocycles. The SMILES string of the molecule is Cc1ccc(CN2CCN(Cc3cc4ccccc4[nH]3)C[C@H]2CCO)cc1. The fourth-order valence-electron chi connectivity index (χ4n) is 4.12. The first-order chi connectivity index (χ1) is 13.2. The predicted molar refractivity (Wildman–Crippen MR) is 111 cm³/mol. The van der Waals surface area contributed by atoms with Crippen LogP contribution in [0.1, 0.15) is 23.2 Å². The van der Waals surface area contributed by atoms with Crippen molar-refractivity contribution in [3.05, 3.63) is 71.4 Å². The van der Waals surface area contributed by atoms with Crippen LogP contribution in [0.3, 0.4) is 0 Å². The zero-order valence-electron chi connectivity index (χ0n) is 16.1. The smallest absolute Gasteiger partial charge is 0.0456 e. The van der Waals surface area contributed by atoms with Gasteiger partial charge in [-0.15, -0.1) is 0 Å². The summed E-state index contributed by atoms with van der Waals surface area (Å²) >= 11 is 0.